The van der Waals surface area contributed by atoms with E-state index in [-0.39, 0.29) is 23.4 Å². The fourth-order valence-electron chi connectivity index (χ4n) is 3.24. The Morgan fingerprint density at radius 1 is 1.39 bits per heavy atom. The Kier molecular flexibility index (Phi) is 3.83. The normalized spacial score (nSPS) is 21.6. The van der Waals surface area contributed by atoms with Gasteiger partial charge in [0, 0.05) is 24.0 Å². The Bertz CT molecular complexity index is 782. The summed E-state index contributed by atoms with van der Waals surface area (Å²) in [4.78, 5) is 25.5. The number of carboxylic acids is 1. The fraction of sp³-hybridized carbons (Fsp3) is 0.412. The van der Waals surface area contributed by atoms with Gasteiger partial charge in [-0.1, -0.05) is 6.92 Å². The van der Waals surface area contributed by atoms with Crippen molar-refractivity contribution in [1.29, 1.82) is 0 Å². The van der Waals surface area contributed by atoms with Crippen LogP contribution in [-0.2, 0) is 4.79 Å². The zero-order chi connectivity index (χ0) is 16.7. The van der Waals surface area contributed by atoms with Crippen molar-refractivity contribution in [3.05, 3.63) is 35.3 Å². The average Bonchev–Trinajstić information content (AvgIpc) is 2.83. The number of aliphatic carboxylic acids is 1. The number of piperidine rings is 1. The second kappa shape index (κ2) is 5.68. The Balaban J connectivity index is 1.87. The Labute approximate surface area is 132 Å². The summed E-state index contributed by atoms with van der Waals surface area (Å²) in [5.41, 5.74) is 1.08. The smallest absolute Gasteiger partial charge is 0.306 e. The third kappa shape index (κ3) is 2.69. The summed E-state index contributed by atoms with van der Waals surface area (Å²) < 4.78 is 19.0. The molecule has 1 aromatic heterocycles. The number of benzene rings is 1. The Morgan fingerprint density at radius 2 is 2.13 bits per heavy atom. The van der Waals surface area contributed by atoms with Gasteiger partial charge in [0.15, 0.2) is 5.76 Å². The fourth-order valence-corrected chi connectivity index (χ4v) is 3.24. The highest BCUT2D eigenvalue weighted by Gasteiger charge is 2.34. The molecule has 1 aliphatic heterocycles. The number of halogens is 1. The molecule has 1 aliphatic rings. The van der Waals surface area contributed by atoms with Crippen molar-refractivity contribution in [2.24, 2.45) is 11.8 Å². The number of carboxylic acid groups (broad SMARTS) is 1. The summed E-state index contributed by atoms with van der Waals surface area (Å²) in [5.74, 6) is -1.81. The van der Waals surface area contributed by atoms with Gasteiger partial charge in [0.25, 0.3) is 5.91 Å². The van der Waals surface area contributed by atoms with E-state index in [2.05, 4.69) is 0 Å². The van der Waals surface area contributed by atoms with Crippen LogP contribution in [0.1, 0.15) is 29.5 Å². The van der Waals surface area contributed by atoms with Crippen LogP contribution in [0.25, 0.3) is 11.0 Å². The molecule has 5 nitrogen and oxygen atoms in total. The maximum atomic E-state index is 13.4. The van der Waals surface area contributed by atoms with Crippen LogP contribution in [0.3, 0.4) is 0 Å². The van der Waals surface area contributed by atoms with Crippen LogP contribution in [0.2, 0.25) is 0 Å². The molecule has 3 rings (SSSR count). The molecule has 1 saturated heterocycles. The zero-order valence-corrected chi connectivity index (χ0v) is 13.0. The molecule has 122 valence electrons. The van der Waals surface area contributed by atoms with Gasteiger partial charge >= 0.3 is 5.97 Å². The predicted molar refractivity (Wildman–Crippen MR) is 81.7 cm³/mol. The maximum absolute atomic E-state index is 13.4. The van der Waals surface area contributed by atoms with E-state index in [1.165, 1.54) is 18.2 Å². The van der Waals surface area contributed by atoms with E-state index in [4.69, 9.17) is 9.52 Å². The van der Waals surface area contributed by atoms with E-state index in [1.54, 1.807) is 11.8 Å². The Morgan fingerprint density at radius 3 is 2.78 bits per heavy atom. The van der Waals surface area contributed by atoms with E-state index >= 15 is 0 Å². The minimum absolute atomic E-state index is 0.118. The lowest BCUT2D eigenvalue weighted by molar-refractivity contribution is -0.145. The quantitative estimate of drug-likeness (QED) is 0.923. The summed E-state index contributed by atoms with van der Waals surface area (Å²) in [6.07, 6.45) is 0.427. The lowest BCUT2D eigenvalue weighted by Gasteiger charge is -2.34. The summed E-state index contributed by atoms with van der Waals surface area (Å²) in [6.45, 7) is 4.32. The van der Waals surface area contributed by atoms with Gasteiger partial charge in [0.05, 0.1) is 5.92 Å². The molecule has 0 radical (unpaired) electrons. The molecular weight excluding hydrogens is 301 g/mol. The highest BCUT2D eigenvalue weighted by molar-refractivity contribution is 5.99. The number of carbonyl (C=O) groups excluding carboxylic acids is 1. The number of amides is 1. The van der Waals surface area contributed by atoms with Crippen LogP contribution >= 0.6 is 0 Å². The minimum atomic E-state index is -0.819. The first-order chi connectivity index (χ1) is 10.9. The standard InChI is InChI=1S/C17H18FNO4/c1-9-8-19(6-5-12(9)17(21)22)16(20)15-10(2)13-7-11(18)3-4-14(13)23-15/h3-4,7,9,12H,5-6,8H2,1-2H3,(H,21,22). The van der Waals surface area contributed by atoms with Gasteiger partial charge in [-0.2, -0.15) is 0 Å². The van der Waals surface area contributed by atoms with Gasteiger partial charge in [-0.25, -0.2) is 4.39 Å². The van der Waals surface area contributed by atoms with Gasteiger partial charge in [-0.15, -0.1) is 0 Å². The third-order valence-electron chi connectivity index (χ3n) is 4.60. The molecule has 0 saturated carbocycles. The van der Waals surface area contributed by atoms with Gasteiger partial charge in [-0.3, -0.25) is 9.59 Å². The molecule has 6 heteroatoms. The van der Waals surface area contributed by atoms with Crippen LogP contribution in [0, 0.1) is 24.6 Å². The molecule has 2 heterocycles. The molecule has 1 aromatic carbocycles. The van der Waals surface area contributed by atoms with Crippen LogP contribution < -0.4 is 0 Å². The largest absolute Gasteiger partial charge is 0.481 e. The first-order valence-electron chi connectivity index (χ1n) is 7.59. The summed E-state index contributed by atoms with van der Waals surface area (Å²) in [5, 5.41) is 9.74. The van der Waals surface area contributed by atoms with E-state index in [1.807, 2.05) is 6.92 Å². The number of rotatable bonds is 2. The number of furan rings is 1. The molecule has 0 bridgehead atoms. The van der Waals surface area contributed by atoms with Crippen molar-refractivity contribution in [2.45, 2.75) is 20.3 Å². The summed E-state index contributed by atoms with van der Waals surface area (Å²) in [6, 6.07) is 4.15. The lowest BCUT2D eigenvalue weighted by atomic mass is 9.87. The van der Waals surface area contributed by atoms with Gasteiger partial charge < -0.3 is 14.4 Å². The van der Waals surface area contributed by atoms with Gasteiger partial charge in [0.2, 0.25) is 0 Å². The predicted octanol–water partition coefficient (Wildman–Crippen LogP) is 3.06. The minimum Gasteiger partial charge on any atom is -0.481 e. The second-order valence-corrected chi connectivity index (χ2v) is 6.16. The molecule has 0 aliphatic carbocycles. The molecule has 0 spiro atoms. The zero-order valence-electron chi connectivity index (χ0n) is 13.0. The third-order valence-corrected chi connectivity index (χ3v) is 4.60. The number of aryl methyl sites for hydroxylation is 1. The number of hydrogen-bond donors (Lipinski definition) is 1. The number of carbonyl (C=O) groups is 2. The maximum Gasteiger partial charge on any atom is 0.306 e. The molecular formula is C17H18FNO4. The van der Waals surface area contributed by atoms with E-state index in [0.29, 0.717) is 36.0 Å². The van der Waals surface area contributed by atoms with Crippen LogP contribution in [0.4, 0.5) is 4.39 Å². The SMILES string of the molecule is Cc1c(C(=O)N2CCC(C(=O)O)C(C)C2)oc2ccc(F)cc12. The molecule has 2 unspecified atom stereocenters. The van der Waals surface area contributed by atoms with E-state index < -0.39 is 11.9 Å². The number of nitrogens with zero attached hydrogens (tertiary/aromatic N) is 1. The highest BCUT2D eigenvalue weighted by atomic mass is 19.1. The summed E-state index contributed by atoms with van der Waals surface area (Å²) in [7, 11) is 0. The van der Waals surface area contributed by atoms with Crippen molar-refractivity contribution in [2.75, 3.05) is 13.1 Å². The van der Waals surface area contributed by atoms with Crippen molar-refractivity contribution in [3.63, 3.8) is 0 Å². The molecule has 1 fully saturated rings. The monoisotopic (exact) mass is 319 g/mol. The topological polar surface area (TPSA) is 70.8 Å². The first-order valence-corrected chi connectivity index (χ1v) is 7.59. The number of fused-ring (bicyclic) bond motifs is 1. The second-order valence-electron chi connectivity index (χ2n) is 6.16. The number of likely N-dealkylation sites (tertiary alicyclic amines) is 1. The molecule has 1 N–H and O–H groups in total. The average molecular weight is 319 g/mol. The van der Waals surface area contributed by atoms with Gasteiger partial charge in [0.1, 0.15) is 11.4 Å². The Hall–Kier alpha value is -2.37. The highest BCUT2D eigenvalue weighted by Crippen LogP contribution is 2.29. The van der Waals surface area contributed by atoms with E-state index in [9.17, 15) is 14.0 Å². The van der Waals surface area contributed by atoms with Crippen molar-refractivity contribution in [1.82, 2.24) is 4.90 Å². The van der Waals surface area contributed by atoms with Gasteiger partial charge in [-0.05, 0) is 37.5 Å². The first kappa shape index (κ1) is 15.5. The van der Waals surface area contributed by atoms with E-state index in [0.717, 1.165) is 0 Å². The molecule has 2 atom stereocenters. The number of hydrogen-bond acceptors (Lipinski definition) is 3. The van der Waals surface area contributed by atoms with Crippen molar-refractivity contribution < 1.29 is 23.5 Å². The summed E-state index contributed by atoms with van der Waals surface area (Å²) >= 11 is 0. The van der Waals surface area contributed by atoms with Crippen LogP contribution in [0.15, 0.2) is 22.6 Å². The van der Waals surface area contributed by atoms with Crippen molar-refractivity contribution in [3.8, 4) is 0 Å². The molecule has 1 amide bonds. The van der Waals surface area contributed by atoms with Crippen molar-refractivity contribution >= 4 is 22.8 Å². The van der Waals surface area contributed by atoms with Crippen LogP contribution in [-0.4, -0.2) is 35.0 Å². The molecule has 2 aromatic rings. The lowest BCUT2D eigenvalue weighted by Crippen LogP contribution is -2.45. The van der Waals surface area contributed by atoms with Crippen LogP contribution in [0.5, 0.6) is 0 Å². The molecule has 23 heavy (non-hydrogen) atoms.